The van der Waals surface area contributed by atoms with Gasteiger partial charge in [0.05, 0.1) is 5.56 Å². The molecule has 1 aromatic heterocycles. The number of aromatic nitrogens is 1. The van der Waals surface area contributed by atoms with Crippen molar-refractivity contribution >= 4 is 32.8 Å². The number of halogens is 4. The minimum Gasteiger partial charge on any atom is -0.276 e. The molecule has 0 saturated carbocycles. The fourth-order valence-corrected chi connectivity index (χ4v) is 1.34. The predicted octanol–water partition coefficient (Wildman–Crippen LogP) is 3.16. The van der Waals surface area contributed by atoms with Crippen molar-refractivity contribution in [2.24, 2.45) is 0 Å². The second kappa shape index (κ2) is 4.11. The highest BCUT2D eigenvalue weighted by Crippen LogP contribution is 2.25. The summed E-state index contributed by atoms with van der Waals surface area (Å²) in [4.78, 5) is 14.0. The quantitative estimate of drug-likeness (QED) is 0.773. The molecule has 6 heteroatoms. The standard InChI is InChI=1S/C7H3BrClF2NO/c8-4-1-3(6(9)13)2-12-5(4)7(10)11/h1-2,7H. The van der Waals surface area contributed by atoms with Gasteiger partial charge < -0.3 is 0 Å². The zero-order chi connectivity index (χ0) is 10.0. The van der Waals surface area contributed by atoms with Crippen LogP contribution in [0.5, 0.6) is 0 Å². The Morgan fingerprint density at radius 3 is 2.62 bits per heavy atom. The normalized spacial score (nSPS) is 10.5. The number of pyridine rings is 1. The van der Waals surface area contributed by atoms with Crippen LogP contribution in [0.4, 0.5) is 8.78 Å². The molecule has 2 nitrogen and oxygen atoms in total. The summed E-state index contributed by atoms with van der Waals surface area (Å²) in [6.45, 7) is 0. The first kappa shape index (κ1) is 10.5. The predicted molar refractivity (Wildman–Crippen MR) is 47.1 cm³/mol. The SMILES string of the molecule is O=C(Cl)c1cnc(C(F)F)c(Br)c1. The van der Waals surface area contributed by atoms with Gasteiger partial charge >= 0.3 is 0 Å². The molecule has 0 atom stereocenters. The Balaban J connectivity index is 3.13. The molecule has 0 radical (unpaired) electrons. The van der Waals surface area contributed by atoms with Gasteiger partial charge in [0.1, 0.15) is 5.69 Å². The molecule has 70 valence electrons. The fourth-order valence-electron chi connectivity index (χ4n) is 0.717. The average molecular weight is 270 g/mol. The van der Waals surface area contributed by atoms with Crippen molar-refractivity contribution in [3.63, 3.8) is 0 Å². The van der Waals surface area contributed by atoms with Gasteiger partial charge in [-0.2, -0.15) is 0 Å². The van der Waals surface area contributed by atoms with E-state index in [4.69, 9.17) is 11.6 Å². The van der Waals surface area contributed by atoms with Crippen LogP contribution in [0.25, 0.3) is 0 Å². The topological polar surface area (TPSA) is 30.0 Å². The fraction of sp³-hybridized carbons (Fsp3) is 0.143. The molecule has 0 amide bonds. The maximum atomic E-state index is 12.2. The molecule has 0 aliphatic heterocycles. The van der Waals surface area contributed by atoms with Gasteiger partial charge in [-0.3, -0.25) is 9.78 Å². The van der Waals surface area contributed by atoms with E-state index in [1.54, 1.807) is 0 Å². The summed E-state index contributed by atoms with van der Waals surface area (Å²) >= 11 is 7.98. The van der Waals surface area contributed by atoms with Crippen LogP contribution in [0.2, 0.25) is 0 Å². The molecule has 0 aromatic carbocycles. The first-order chi connectivity index (χ1) is 6.02. The van der Waals surface area contributed by atoms with E-state index < -0.39 is 17.4 Å². The van der Waals surface area contributed by atoms with Crippen molar-refractivity contribution in [3.05, 3.63) is 28.0 Å². The number of hydrogen-bond donors (Lipinski definition) is 0. The highest BCUT2D eigenvalue weighted by atomic mass is 79.9. The summed E-state index contributed by atoms with van der Waals surface area (Å²) in [6, 6.07) is 1.21. The monoisotopic (exact) mass is 269 g/mol. The molecule has 0 aliphatic carbocycles. The Labute approximate surface area is 86.0 Å². The number of nitrogens with zero attached hydrogens (tertiary/aromatic N) is 1. The summed E-state index contributed by atoms with van der Waals surface area (Å²) in [6.07, 6.45) is -1.66. The number of carbonyl (C=O) groups excluding carboxylic acids is 1. The summed E-state index contributed by atoms with van der Waals surface area (Å²) in [5, 5.41) is -0.728. The van der Waals surface area contributed by atoms with E-state index in [9.17, 15) is 13.6 Å². The number of alkyl halides is 2. The largest absolute Gasteiger partial charge is 0.281 e. The average Bonchev–Trinajstić information content (AvgIpc) is 2.03. The van der Waals surface area contributed by atoms with Crippen LogP contribution in [0.15, 0.2) is 16.7 Å². The van der Waals surface area contributed by atoms with Crippen molar-refractivity contribution in [1.29, 1.82) is 0 Å². The van der Waals surface area contributed by atoms with E-state index in [2.05, 4.69) is 20.9 Å². The van der Waals surface area contributed by atoms with Gasteiger partial charge in [0.2, 0.25) is 0 Å². The van der Waals surface area contributed by atoms with Gasteiger partial charge in [0, 0.05) is 10.7 Å². The molecule has 0 aliphatic rings. The summed E-state index contributed by atoms with van der Waals surface area (Å²) < 4.78 is 24.4. The molecular weight excluding hydrogens is 267 g/mol. The van der Waals surface area contributed by atoms with Crippen LogP contribution >= 0.6 is 27.5 Å². The van der Waals surface area contributed by atoms with Crippen LogP contribution < -0.4 is 0 Å². The first-order valence-corrected chi connectivity index (χ1v) is 4.33. The highest BCUT2D eigenvalue weighted by Gasteiger charge is 2.14. The Morgan fingerprint density at radius 1 is 1.62 bits per heavy atom. The van der Waals surface area contributed by atoms with Crippen molar-refractivity contribution in [1.82, 2.24) is 4.98 Å². The molecule has 1 rings (SSSR count). The third-order valence-electron chi connectivity index (χ3n) is 1.30. The van der Waals surface area contributed by atoms with Crippen molar-refractivity contribution in [3.8, 4) is 0 Å². The molecule has 0 saturated heterocycles. The van der Waals surface area contributed by atoms with Crippen LogP contribution in [-0.4, -0.2) is 10.2 Å². The summed E-state index contributed by atoms with van der Waals surface area (Å²) in [5.74, 6) is 0. The minimum absolute atomic E-state index is 0.0778. The second-order valence-electron chi connectivity index (χ2n) is 2.17. The van der Waals surface area contributed by atoms with E-state index in [0.29, 0.717) is 0 Å². The number of carbonyl (C=O) groups is 1. The zero-order valence-corrected chi connectivity index (χ0v) is 8.44. The lowest BCUT2D eigenvalue weighted by Crippen LogP contribution is -1.96. The number of hydrogen-bond acceptors (Lipinski definition) is 2. The molecule has 0 bridgehead atoms. The van der Waals surface area contributed by atoms with Crippen molar-refractivity contribution in [2.75, 3.05) is 0 Å². The lowest BCUT2D eigenvalue weighted by Gasteiger charge is -2.02. The van der Waals surface area contributed by atoms with E-state index in [1.807, 2.05) is 0 Å². The molecule has 0 N–H and O–H groups in total. The highest BCUT2D eigenvalue weighted by molar-refractivity contribution is 9.10. The van der Waals surface area contributed by atoms with Gasteiger partial charge in [-0.15, -0.1) is 0 Å². The van der Waals surface area contributed by atoms with Crippen LogP contribution in [0, 0.1) is 0 Å². The van der Waals surface area contributed by atoms with Crippen LogP contribution in [-0.2, 0) is 0 Å². The van der Waals surface area contributed by atoms with E-state index in [1.165, 1.54) is 6.07 Å². The van der Waals surface area contributed by atoms with E-state index >= 15 is 0 Å². The second-order valence-corrected chi connectivity index (χ2v) is 3.36. The Kier molecular flexibility index (Phi) is 3.33. The minimum atomic E-state index is -2.67. The third kappa shape index (κ3) is 2.45. The molecular formula is C7H3BrClF2NO. The molecule has 1 aromatic rings. The lowest BCUT2D eigenvalue weighted by atomic mass is 10.3. The maximum Gasteiger partial charge on any atom is 0.281 e. The van der Waals surface area contributed by atoms with Gasteiger partial charge in [-0.1, -0.05) is 0 Å². The zero-order valence-electron chi connectivity index (χ0n) is 6.10. The van der Waals surface area contributed by atoms with Gasteiger partial charge in [0.25, 0.3) is 11.7 Å². The van der Waals surface area contributed by atoms with Crippen LogP contribution in [0.1, 0.15) is 22.5 Å². The lowest BCUT2D eigenvalue weighted by molar-refractivity contribution is 0.107. The van der Waals surface area contributed by atoms with Gasteiger partial charge in [-0.05, 0) is 33.6 Å². The molecule has 1 heterocycles. The number of rotatable bonds is 2. The molecule has 0 spiro atoms. The maximum absolute atomic E-state index is 12.2. The molecule has 0 unspecified atom stereocenters. The van der Waals surface area contributed by atoms with Crippen molar-refractivity contribution < 1.29 is 13.6 Å². The van der Waals surface area contributed by atoms with Gasteiger partial charge in [0.15, 0.2) is 0 Å². The van der Waals surface area contributed by atoms with Crippen molar-refractivity contribution in [2.45, 2.75) is 6.43 Å². The van der Waals surface area contributed by atoms with Gasteiger partial charge in [-0.25, -0.2) is 8.78 Å². The summed E-state index contributed by atoms with van der Waals surface area (Å²) in [5.41, 5.74) is -0.320. The Hall–Kier alpha value is -0.550. The Morgan fingerprint density at radius 2 is 2.23 bits per heavy atom. The van der Waals surface area contributed by atoms with E-state index in [0.717, 1.165) is 6.20 Å². The Bertz CT molecular complexity index is 345. The smallest absolute Gasteiger partial charge is 0.276 e. The third-order valence-corrected chi connectivity index (χ3v) is 2.16. The van der Waals surface area contributed by atoms with E-state index in [-0.39, 0.29) is 10.0 Å². The van der Waals surface area contributed by atoms with Crippen LogP contribution in [0.3, 0.4) is 0 Å². The molecule has 0 fully saturated rings. The molecule has 13 heavy (non-hydrogen) atoms. The first-order valence-electron chi connectivity index (χ1n) is 3.16. The summed E-state index contributed by atoms with van der Waals surface area (Å²) in [7, 11) is 0.